The highest BCUT2D eigenvalue weighted by Gasteiger charge is 2.23. The molecule has 1 heterocycles. The van der Waals surface area contributed by atoms with Crippen LogP contribution in [0, 0.1) is 0 Å². The summed E-state index contributed by atoms with van der Waals surface area (Å²) < 4.78 is 6.77. The molecular weight excluding hydrogens is 316 g/mol. The average Bonchev–Trinajstić information content (AvgIpc) is 2.48. The van der Waals surface area contributed by atoms with Crippen molar-refractivity contribution in [1.29, 1.82) is 0 Å². The van der Waals surface area contributed by atoms with Crippen LogP contribution in [0.4, 0.5) is 0 Å². The Bertz CT molecular complexity index is 619. The Hall–Kier alpha value is -1.45. The Morgan fingerprint density at radius 2 is 1.90 bits per heavy atom. The molecule has 2 aromatic carbocycles. The van der Waals surface area contributed by atoms with E-state index in [1.807, 2.05) is 36.4 Å². The zero-order chi connectivity index (χ0) is 13.9. The van der Waals surface area contributed by atoms with Crippen molar-refractivity contribution in [1.82, 2.24) is 0 Å². The van der Waals surface area contributed by atoms with Crippen molar-refractivity contribution in [3.8, 4) is 0 Å². The number of rotatable bonds is 3. The Morgan fingerprint density at radius 3 is 2.70 bits per heavy atom. The molecule has 0 radical (unpaired) electrons. The van der Waals surface area contributed by atoms with E-state index in [0.29, 0.717) is 13.0 Å². The molecule has 0 aromatic heterocycles. The number of benzene rings is 2. The molecular formula is C17H15BrO2. The zero-order valence-electron chi connectivity index (χ0n) is 11.0. The maximum atomic E-state index is 12.3. The summed E-state index contributed by atoms with van der Waals surface area (Å²) in [5.74, 6) is 0.124. The lowest BCUT2D eigenvalue weighted by Gasteiger charge is -2.25. The lowest BCUT2D eigenvalue weighted by atomic mass is 9.93. The molecule has 0 amide bonds. The van der Waals surface area contributed by atoms with Gasteiger partial charge in [0.2, 0.25) is 0 Å². The molecule has 1 atom stereocenters. The van der Waals surface area contributed by atoms with Crippen LogP contribution in [0.3, 0.4) is 0 Å². The number of hydrogen-bond acceptors (Lipinski definition) is 2. The number of halogens is 1. The highest BCUT2D eigenvalue weighted by molar-refractivity contribution is 9.10. The Kier molecular flexibility index (Phi) is 3.99. The Labute approximate surface area is 126 Å². The van der Waals surface area contributed by atoms with Crippen LogP contribution in [0.1, 0.15) is 34.0 Å². The van der Waals surface area contributed by atoms with Crippen LogP contribution < -0.4 is 0 Å². The van der Waals surface area contributed by atoms with Crippen molar-refractivity contribution in [3.05, 3.63) is 69.7 Å². The maximum Gasteiger partial charge on any atom is 0.165 e. The molecule has 3 heteroatoms. The number of carbonyl (C=O) groups excluding carboxylic acids is 1. The standard InChI is InChI=1S/C17H15BrO2/c18-14-7-5-13(6-8-14)16(19)11-17-15-4-2-1-3-12(15)9-10-20-17/h1-8,17H,9-11H2/t17-/m1/s1. The molecule has 0 spiro atoms. The molecule has 0 fully saturated rings. The third-order valence-electron chi connectivity index (χ3n) is 3.63. The van der Waals surface area contributed by atoms with Gasteiger partial charge in [-0.2, -0.15) is 0 Å². The number of hydrogen-bond donors (Lipinski definition) is 0. The first-order chi connectivity index (χ1) is 9.74. The molecule has 2 nitrogen and oxygen atoms in total. The zero-order valence-corrected chi connectivity index (χ0v) is 12.6. The van der Waals surface area contributed by atoms with Gasteiger partial charge in [0.15, 0.2) is 5.78 Å². The van der Waals surface area contributed by atoms with Gasteiger partial charge in [0.25, 0.3) is 0 Å². The number of fused-ring (bicyclic) bond motifs is 1. The van der Waals surface area contributed by atoms with Crippen LogP contribution in [-0.2, 0) is 11.2 Å². The molecule has 0 saturated heterocycles. The monoisotopic (exact) mass is 330 g/mol. The van der Waals surface area contributed by atoms with Crippen molar-refractivity contribution >= 4 is 21.7 Å². The van der Waals surface area contributed by atoms with Gasteiger partial charge >= 0.3 is 0 Å². The van der Waals surface area contributed by atoms with Gasteiger partial charge < -0.3 is 4.74 Å². The van der Waals surface area contributed by atoms with Crippen LogP contribution in [0.5, 0.6) is 0 Å². The summed E-state index contributed by atoms with van der Waals surface area (Å²) >= 11 is 3.38. The smallest absolute Gasteiger partial charge is 0.165 e. The van der Waals surface area contributed by atoms with Gasteiger partial charge in [0.05, 0.1) is 12.7 Å². The lowest BCUT2D eigenvalue weighted by molar-refractivity contribution is 0.0352. The summed E-state index contributed by atoms with van der Waals surface area (Å²) in [6.07, 6.45) is 1.22. The minimum absolute atomic E-state index is 0.115. The summed E-state index contributed by atoms with van der Waals surface area (Å²) in [6, 6.07) is 15.7. The number of ether oxygens (including phenoxy) is 1. The summed E-state index contributed by atoms with van der Waals surface area (Å²) in [7, 11) is 0. The van der Waals surface area contributed by atoms with Gasteiger partial charge in [0, 0.05) is 16.5 Å². The van der Waals surface area contributed by atoms with Gasteiger partial charge in [0.1, 0.15) is 0 Å². The van der Waals surface area contributed by atoms with Crippen LogP contribution in [-0.4, -0.2) is 12.4 Å². The van der Waals surface area contributed by atoms with Gasteiger partial charge in [-0.3, -0.25) is 4.79 Å². The summed E-state index contributed by atoms with van der Waals surface area (Å²) in [6.45, 7) is 0.690. The topological polar surface area (TPSA) is 26.3 Å². The normalized spacial score (nSPS) is 17.6. The highest BCUT2D eigenvalue weighted by atomic mass is 79.9. The van der Waals surface area contributed by atoms with E-state index in [4.69, 9.17) is 4.74 Å². The molecule has 0 aliphatic carbocycles. The van der Waals surface area contributed by atoms with Crippen molar-refractivity contribution in [2.45, 2.75) is 18.9 Å². The van der Waals surface area contributed by atoms with Crippen molar-refractivity contribution in [3.63, 3.8) is 0 Å². The molecule has 0 unspecified atom stereocenters. The van der Waals surface area contributed by atoms with E-state index in [0.717, 1.165) is 22.0 Å². The number of carbonyl (C=O) groups is 1. The van der Waals surface area contributed by atoms with Gasteiger partial charge in [-0.25, -0.2) is 0 Å². The van der Waals surface area contributed by atoms with Gasteiger partial charge in [-0.05, 0) is 29.7 Å². The first-order valence-electron chi connectivity index (χ1n) is 6.72. The highest BCUT2D eigenvalue weighted by Crippen LogP contribution is 2.30. The first kappa shape index (κ1) is 13.5. The molecule has 102 valence electrons. The molecule has 20 heavy (non-hydrogen) atoms. The fraction of sp³-hybridized carbons (Fsp3) is 0.235. The fourth-order valence-corrected chi connectivity index (χ4v) is 2.83. The average molecular weight is 331 g/mol. The van der Waals surface area contributed by atoms with Crippen molar-refractivity contribution in [2.24, 2.45) is 0 Å². The SMILES string of the molecule is O=C(C[C@H]1OCCc2ccccc21)c1ccc(Br)cc1. The van der Waals surface area contributed by atoms with Crippen LogP contribution >= 0.6 is 15.9 Å². The molecule has 0 bridgehead atoms. The van der Waals surface area contributed by atoms with Crippen molar-refractivity contribution in [2.75, 3.05) is 6.61 Å². The van der Waals surface area contributed by atoms with Gasteiger partial charge in [-0.15, -0.1) is 0 Å². The molecule has 0 N–H and O–H groups in total. The Balaban J connectivity index is 1.79. The fourth-order valence-electron chi connectivity index (χ4n) is 2.57. The predicted molar refractivity (Wildman–Crippen MR) is 81.9 cm³/mol. The Morgan fingerprint density at radius 1 is 1.15 bits per heavy atom. The van der Waals surface area contributed by atoms with E-state index in [1.54, 1.807) is 0 Å². The predicted octanol–water partition coefficient (Wildman–Crippen LogP) is 4.34. The van der Waals surface area contributed by atoms with Crippen LogP contribution in [0.2, 0.25) is 0 Å². The minimum atomic E-state index is -0.115. The van der Waals surface area contributed by atoms with E-state index in [9.17, 15) is 4.79 Å². The largest absolute Gasteiger partial charge is 0.373 e. The number of Topliss-reactive ketones (excluding diaryl/α,β-unsaturated/α-hetero) is 1. The molecule has 2 aromatic rings. The summed E-state index contributed by atoms with van der Waals surface area (Å²) in [5, 5.41) is 0. The molecule has 1 aliphatic heterocycles. The molecule has 3 rings (SSSR count). The minimum Gasteiger partial charge on any atom is -0.373 e. The lowest BCUT2D eigenvalue weighted by Crippen LogP contribution is -2.19. The first-order valence-corrected chi connectivity index (χ1v) is 7.51. The number of ketones is 1. The second-order valence-corrected chi connectivity index (χ2v) is 5.86. The maximum absolute atomic E-state index is 12.3. The van der Waals surface area contributed by atoms with Crippen molar-refractivity contribution < 1.29 is 9.53 Å². The van der Waals surface area contributed by atoms with E-state index >= 15 is 0 Å². The van der Waals surface area contributed by atoms with Crippen LogP contribution in [0.15, 0.2) is 53.0 Å². The second kappa shape index (κ2) is 5.90. The third-order valence-corrected chi connectivity index (χ3v) is 4.16. The van der Waals surface area contributed by atoms with E-state index in [-0.39, 0.29) is 11.9 Å². The van der Waals surface area contributed by atoms with Crippen LogP contribution in [0.25, 0.3) is 0 Å². The third kappa shape index (κ3) is 2.84. The molecule has 1 aliphatic rings. The quantitative estimate of drug-likeness (QED) is 0.782. The molecule has 0 saturated carbocycles. The van der Waals surface area contributed by atoms with Gasteiger partial charge in [-0.1, -0.05) is 52.3 Å². The summed E-state index contributed by atoms with van der Waals surface area (Å²) in [4.78, 5) is 12.3. The summed E-state index contributed by atoms with van der Waals surface area (Å²) in [5.41, 5.74) is 3.19. The van der Waals surface area contributed by atoms with E-state index < -0.39 is 0 Å². The van der Waals surface area contributed by atoms with E-state index in [2.05, 4.69) is 28.1 Å². The second-order valence-electron chi connectivity index (χ2n) is 4.94. The van der Waals surface area contributed by atoms with E-state index in [1.165, 1.54) is 5.56 Å².